The van der Waals surface area contributed by atoms with Crippen LogP contribution < -0.4 is 10.6 Å². The Balaban J connectivity index is 1.95. The minimum atomic E-state index is -1.13. The predicted molar refractivity (Wildman–Crippen MR) is 119 cm³/mol. The number of carboxylic acids is 1. The molecule has 1 aromatic carbocycles. The summed E-state index contributed by atoms with van der Waals surface area (Å²) >= 11 is 0. The third-order valence-electron chi connectivity index (χ3n) is 4.88. The zero-order valence-corrected chi connectivity index (χ0v) is 18.0. The van der Waals surface area contributed by atoms with Crippen molar-refractivity contribution in [2.24, 2.45) is 0 Å². The fourth-order valence-corrected chi connectivity index (χ4v) is 3.26. The monoisotopic (exact) mass is 438 g/mol. The normalized spacial score (nSPS) is 11.7. The van der Waals surface area contributed by atoms with Gasteiger partial charge in [0.15, 0.2) is 5.65 Å². The van der Waals surface area contributed by atoms with Gasteiger partial charge in [-0.05, 0) is 44.4 Å². The third-order valence-corrected chi connectivity index (χ3v) is 4.88. The molecule has 0 aliphatic rings. The second kappa shape index (κ2) is 10.4. The zero-order chi connectivity index (χ0) is 23.1. The minimum absolute atomic E-state index is 0.0492. The molecule has 0 fully saturated rings. The molecule has 2 aromatic heterocycles. The second-order valence-electron chi connectivity index (χ2n) is 7.20. The number of aromatic nitrogens is 2. The number of hydrogen-bond donors (Lipinski definition) is 3. The molecular formula is C23H26N4O5. The Hall–Kier alpha value is -3.88. The summed E-state index contributed by atoms with van der Waals surface area (Å²) in [4.78, 5) is 40.4. The van der Waals surface area contributed by atoms with E-state index in [1.807, 2.05) is 30.3 Å². The number of aryl methyl sites for hydroxylation is 2. The Bertz CT molecular complexity index is 1110. The lowest BCUT2D eigenvalue weighted by Crippen LogP contribution is -2.38. The van der Waals surface area contributed by atoms with Crippen LogP contribution in [0, 0.1) is 0 Å². The summed E-state index contributed by atoms with van der Waals surface area (Å²) in [7, 11) is 0. The Morgan fingerprint density at radius 1 is 1.12 bits per heavy atom. The molecule has 0 saturated heterocycles. The number of pyridine rings is 1. The molecule has 1 unspecified atom stereocenters. The highest BCUT2D eigenvalue weighted by atomic mass is 16.5. The molecule has 168 valence electrons. The van der Waals surface area contributed by atoms with E-state index in [1.165, 1.54) is 6.92 Å². The minimum Gasteiger partial charge on any atom is -0.480 e. The van der Waals surface area contributed by atoms with E-state index in [1.54, 1.807) is 29.7 Å². The van der Waals surface area contributed by atoms with Crippen LogP contribution in [-0.4, -0.2) is 51.5 Å². The summed E-state index contributed by atoms with van der Waals surface area (Å²) in [5.74, 6) is -1.48. The molecule has 1 atom stereocenters. The number of carboxylic acid groups (broad SMARTS) is 1. The molecule has 3 N–H and O–H groups in total. The second-order valence-corrected chi connectivity index (χ2v) is 7.20. The van der Waals surface area contributed by atoms with Gasteiger partial charge in [0.25, 0.3) is 5.91 Å². The van der Waals surface area contributed by atoms with Crippen LogP contribution in [-0.2, 0) is 27.2 Å². The predicted octanol–water partition coefficient (Wildman–Crippen LogP) is 2.30. The number of imidazole rings is 1. The number of nitrogens with one attached hydrogen (secondary N) is 2. The highest BCUT2D eigenvalue weighted by Gasteiger charge is 2.21. The first-order valence-electron chi connectivity index (χ1n) is 10.4. The number of benzene rings is 1. The number of aliphatic carboxylic acids is 1. The van der Waals surface area contributed by atoms with E-state index in [9.17, 15) is 14.4 Å². The lowest BCUT2D eigenvalue weighted by atomic mass is 10.1. The highest BCUT2D eigenvalue weighted by molar-refractivity contribution is 6.01. The molecule has 0 radical (unpaired) electrons. The molecule has 9 heteroatoms. The summed E-state index contributed by atoms with van der Waals surface area (Å²) < 4.78 is 6.69. The van der Waals surface area contributed by atoms with Gasteiger partial charge in [-0.2, -0.15) is 0 Å². The molecule has 0 spiro atoms. The van der Waals surface area contributed by atoms with Crippen LogP contribution in [0.15, 0.2) is 48.7 Å². The summed E-state index contributed by atoms with van der Waals surface area (Å²) in [6, 6.07) is 12.1. The number of esters is 1. The van der Waals surface area contributed by atoms with E-state index < -0.39 is 23.9 Å². The molecule has 0 bridgehead atoms. The molecule has 32 heavy (non-hydrogen) atoms. The van der Waals surface area contributed by atoms with Crippen LogP contribution in [0.4, 0.5) is 5.82 Å². The molecule has 2 heterocycles. The van der Waals surface area contributed by atoms with Crippen molar-refractivity contribution in [1.29, 1.82) is 0 Å². The van der Waals surface area contributed by atoms with Crippen molar-refractivity contribution in [3.05, 3.63) is 65.5 Å². The number of anilines is 1. The van der Waals surface area contributed by atoms with Crippen LogP contribution in [0.5, 0.6) is 0 Å². The lowest BCUT2D eigenvalue weighted by molar-refractivity contribution is -0.141. The van der Waals surface area contributed by atoms with Crippen LogP contribution in [0.2, 0.25) is 0 Å². The fourth-order valence-electron chi connectivity index (χ4n) is 3.26. The van der Waals surface area contributed by atoms with Gasteiger partial charge in [0.2, 0.25) is 0 Å². The topological polar surface area (TPSA) is 122 Å². The van der Waals surface area contributed by atoms with Crippen LogP contribution in [0.25, 0.3) is 5.65 Å². The van der Waals surface area contributed by atoms with Crippen molar-refractivity contribution in [2.75, 3.05) is 18.5 Å². The van der Waals surface area contributed by atoms with Crippen molar-refractivity contribution < 1.29 is 24.2 Å². The SMILES string of the molecule is CCOC(=O)CNc1c(CCc2ccccc2)nc2c(C(=O)NC(C)C(=O)O)cccn12. The van der Waals surface area contributed by atoms with Crippen LogP contribution >= 0.6 is 0 Å². The van der Waals surface area contributed by atoms with Crippen molar-refractivity contribution in [1.82, 2.24) is 14.7 Å². The third kappa shape index (κ3) is 5.42. The molecule has 3 rings (SSSR count). The summed E-state index contributed by atoms with van der Waals surface area (Å²) in [6.07, 6.45) is 3.03. The molecule has 9 nitrogen and oxygen atoms in total. The van der Waals surface area contributed by atoms with Gasteiger partial charge in [0, 0.05) is 6.20 Å². The number of carbonyl (C=O) groups is 3. The molecule has 1 amide bonds. The van der Waals surface area contributed by atoms with Gasteiger partial charge in [-0.1, -0.05) is 30.3 Å². The van der Waals surface area contributed by atoms with Gasteiger partial charge in [-0.3, -0.25) is 18.8 Å². The number of fused-ring (bicyclic) bond motifs is 1. The fraction of sp³-hybridized carbons (Fsp3) is 0.304. The Labute approximate surface area is 185 Å². The number of hydrogen-bond acceptors (Lipinski definition) is 6. The molecule has 3 aromatic rings. The maximum absolute atomic E-state index is 12.7. The number of carbonyl (C=O) groups excluding carboxylic acids is 2. The molecule has 0 aliphatic carbocycles. The van der Waals surface area contributed by atoms with Gasteiger partial charge in [0.1, 0.15) is 18.4 Å². The first-order chi connectivity index (χ1) is 15.4. The number of nitrogens with zero attached hydrogens (tertiary/aromatic N) is 2. The van der Waals surface area contributed by atoms with Crippen molar-refractivity contribution in [2.45, 2.75) is 32.7 Å². The Morgan fingerprint density at radius 2 is 1.88 bits per heavy atom. The lowest BCUT2D eigenvalue weighted by Gasteiger charge is -2.11. The molecule has 0 saturated carbocycles. The summed E-state index contributed by atoms with van der Waals surface area (Å²) in [5.41, 5.74) is 2.43. The quantitative estimate of drug-likeness (QED) is 0.415. The average Bonchev–Trinajstić information content (AvgIpc) is 3.14. The first-order valence-corrected chi connectivity index (χ1v) is 10.4. The highest BCUT2D eigenvalue weighted by Crippen LogP contribution is 2.23. The van der Waals surface area contributed by atoms with E-state index in [4.69, 9.17) is 9.84 Å². The smallest absolute Gasteiger partial charge is 0.325 e. The van der Waals surface area contributed by atoms with E-state index in [0.717, 1.165) is 12.0 Å². The summed E-state index contributed by atoms with van der Waals surface area (Å²) in [5, 5.41) is 14.6. The number of rotatable bonds is 10. The van der Waals surface area contributed by atoms with E-state index >= 15 is 0 Å². The van der Waals surface area contributed by atoms with E-state index in [0.29, 0.717) is 23.6 Å². The summed E-state index contributed by atoms with van der Waals surface area (Å²) in [6.45, 7) is 3.36. The van der Waals surface area contributed by atoms with E-state index in [2.05, 4.69) is 15.6 Å². The molecular weight excluding hydrogens is 412 g/mol. The average molecular weight is 438 g/mol. The maximum atomic E-state index is 12.7. The van der Waals surface area contributed by atoms with Crippen LogP contribution in [0.1, 0.15) is 35.5 Å². The standard InChI is InChI=1S/C23H26N4O5/c1-3-32-19(28)14-24-21-18(12-11-16-8-5-4-6-9-16)26-20-17(10-7-13-27(20)21)22(29)25-15(2)23(30)31/h4-10,13,15,24H,3,11-12,14H2,1-2H3,(H,25,29)(H,30,31). The van der Waals surface area contributed by atoms with Crippen LogP contribution in [0.3, 0.4) is 0 Å². The largest absolute Gasteiger partial charge is 0.480 e. The number of ether oxygens (including phenoxy) is 1. The maximum Gasteiger partial charge on any atom is 0.325 e. The first kappa shape index (κ1) is 22.8. The molecule has 0 aliphatic heterocycles. The van der Waals surface area contributed by atoms with Gasteiger partial charge in [-0.15, -0.1) is 0 Å². The van der Waals surface area contributed by atoms with Crippen molar-refractivity contribution in [3.8, 4) is 0 Å². The van der Waals surface area contributed by atoms with Gasteiger partial charge < -0.3 is 20.5 Å². The van der Waals surface area contributed by atoms with Crippen molar-refractivity contribution in [3.63, 3.8) is 0 Å². The van der Waals surface area contributed by atoms with E-state index in [-0.39, 0.29) is 18.7 Å². The van der Waals surface area contributed by atoms with Gasteiger partial charge in [0.05, 0.1) is 17.9 Å². The van der Waals surface area contributed by atoms with Crippen molar-refractivity contribution >= 4 is 29.3 Å². The van der Waals surface area contributed by atoms with Gasteiger partial charge >= 0.3 is 11.9 Å². The van der Waals surface area contributed by atoms with Gasteiger partial charge in [-0.25, -0.2) is 4.98 Å². The number of amides is 1. The Morgan fingerprint density at radius 3 is 2.56 bits per heavy atom. The Kier molecular flexibility index (Phi) is 7.43. The zero-order valence-electron chi connectivity index (χ0n) is 18.0.